The van der Waals surface area contributed by atoms with Crippen molar-refractivity contribution >= 4 is 44.1 Å². The molecule has 7 nitrogen and oxygen atoms in total. The van der Waals surface area contributed by atoms with Crippen LogP contribution < -0.4 is 10.5 Å². The maximum atomic E-state index is 12.2. The maximum absolute atomic E-state index is 12.2. The molecule has 0 aliphatic rings. The molecule has 3 aromatic rings. The molecule has 4 N–H and O–H groups in total. The molecule has 1 heterocycles. The number of sulfonamides is 1. The number of benzene rings is 2. The predicted molar refractivity (Wildman–Crippen MR) is 91.3 cm³/mol. The van der Waals surface area contributed by atoms with E-state index < -0.39 is 10.0 Å². The molecule has 24 heavy (non-hydrogen) atoms. The van der Waals surface area contributed by atoms with Gasteiger partial charge in [-0.2, -0.15) is 5.10 Å². The Kier molecular flexibility index (Phi) is 4.27. The summed E-state index contributed by atoms with van der Waals surface area (Å²) in [5.41, 5.74) is 1.42. The van der Waals surface area contributed by atoms with Crippen molar-refractivity contribution in [1.82, 2.24) is 10.2 Å². The average Bonchev–Trinajstić information content (AvgIpc) is 2.96. The van der Waals surface area contributed by atoms with Crippen LogP contribution in [0.2, 0.25) is 5.02 Å². The van der Waals surface area contributed by atoms with Gasteiger partial charge in [0.05, 0.1) is 23.0 Å². The van der Waals surface area contributed by atoms with E-state index in [0.29, 0.717) is 27.2 Å². The van der Waals surface area contributed by atoms with Crippen LogP contribution in [-0.4, -0.2) is 24.5 Å². The van der Waals surface area contributed by atoms with Gasteiger partial charge in [0, 0.05) is 16.1 Å². The molecule has 0 spiro atoms. The summed E-state index contributed by atoms with van der Waals surface area (Å²) in [6, 6.07) is 9.88. The van der Waals surface area contributed by atoms with Crippen LogP contribution in [0.1, 0.15) is 5.56 Å². The number of nitrogens with two attached hydrogens (primary N) is 1. The van der Waals surface area contributed by atoms with E-state index in [9.17, 15) is 13.2 Å². The lowest BCUT2D eigenvalue weighted by Crippen LogP contribution is -2.16. The molecular formula is C15H13ClN4O3S. The third-order valence-corrected chi connectivity index (χ3v) is 4.74. The Hall–Kier alpha value is -2.42. The number of aromatic amines is 1. The average molecular weight is 365 g/mol. The Balaban J connectivity index is 1.90. The van der Waals surface area contributed by atoms with Gasteiger partial charge in [-0.3, -0.25) is 9.89 Å². The Bertz CT molecular complexity index is 1030. The molecule has 0 aliphatic heterocycles. The van der Waals surface area contributed by atoms with Gasteiger partial charge in [-0.1, -0.05) is 29.8 Å². The van der Waals surface area contributed by atoms with Crippen molar-refractivity contribution in [2.24, 2.45) is 5.14 Å². The van der Waals surface area contributed by atoms with E-state index in [1.807, 2.05) is 0 Å². The smallest absolute Gasteiger partial charge is 0.238 e. The standard InChI is InChI=1S/C15H13ClN4O3S/c16-12-4-2-1-3-9(12)5-15(21)19-10-6-13-11(8-18-20-13)14(7-10)24(17,22)23/h1-4,6-8H,5H2,(H,18,20)(H,19,21)(H2,17,22,23). The van der Waals surface area contributed by atoms with Crippen LogP contribution in [0.3, 0.4) is 0 Å². The molecule has 3 rings (SSSR count). The summed E-state index contributed by atoms with van der Waals surface area (Å²) < 4.78 is 23.4. The lowest BCUT2D eigenvalue weighted by atomic mass is 10.1. The SMILES string of the molecule is NS(=O)(=O)c1cc(NC(=O)Cc2ccccc2Cl)cc2[nH]ncc12. The molecule has 2 aromatic carbocycles. The van der Waals surface area contributed by atoms with E-state index in [-0.39, 0.29) is 17.2 Å². The second kappa shape index (κ2) is 6.23. The summed E-state index contributed by atoms with van der Waals surface area (Å²) in [6.07, 6.45) is 1.43. The molecule has 0 saturated carbocycles. The van der Waals surface area contributed by atoms with Crippen molar-refractivity contribution in [1.29, 1.82) is 0 Å². The van der Waals surface area contributed by atoms with Crippen molar-refractivity contribution in [2.45, 2.75) is 11.3 Å². The Labute approximate surface area is 142 Å². The highest BCUT2D eigenvalue weighted by atomic mass is 35.5. The number of carbonyl (C=O) groups is 1. The van der Waals surface area contributed by atoms with E-state index in [0.717, 1.165) is 0 Å². The molecule has 9 heteroatoms. The van der Waals surface area contributed by atoms with Crippen LogP contribution in [0.4, 0.5) is 5.69 Å². The summed E-state index contributed by atoms with van der Waals surface area (Å²) in [4.78, 5) is 12.1. The normalized spacial score (nSPS) is 11.6. The molecule has 0 unspecified atom stereocenters. The Morgan fingerprint density at radius 3 is 2.75 bits per heavy atom. The maximum Gasteiger partial charge on any atom is 0.238 e. The molecule has 0 saturated heterocycles. The fourth-order valence-corrected chi connectivity index (χ4v) is 3.31. The van der Waals surface area contributed by atoms with Crippen LogP contribution in [0.5, 0.6) is 0 Å². The summed E-state index contributed by atoms with van der Waals surface area (Å²) >= 11 is 6.03. The number of fused-ring (bicyclic) bond motifs is 1. The fourth-order valence-electron chi connectivity index (χ4n) is 2.35. The summed E-state index contributed by atoms with van der Waals surface area (Å²) in [5, 5.41) is 15.2. The number of primary sulfonamides is 1. The number of hydrogen-bond donors (Lipinski definition) is 3. The highest BCUT2D eigenvalue weighted by molar-refractivity contribution is 7.89. The van der Waals surface area contributed by atoms with Gasteiger partial charge in [0.25, 0.3) is 0 Å². The van der Waals surface area contributed by atoms with Gasteiger partial charge < -0.3 is 5.32 Å². The zero-order valence-electron chi connectivity index (χ0n) is 12.3. The number of nitrogens with zero attached hydrogens (tertiary/aromatic N) is 1. The van der Waals surface area contributed by atoms with Crippen molar-refractivity contribution < 1.29 is 13.2 Å². The summed E-state index contributed by atoms with van der Waals surface area (Å²) in [5.74, 6) is -0.331. The van der Waals surface area contributed by atoms with E-state index in [1.165, 1.54) is 12.3 Å². The van der Waals surface area contributed by atoms with Gasteiger partial charge in [-0.25, -0.2) is 13.6 Å². The zero-order chi connectivity index (χ0) is 17.3. The number of halogens is 1. The first-order valence-corrected chi connectivity index (χ1v) is 8.80. The molecule has 0 fully saturated rings. The molecule has 0 bridgehead atoms. The van der Waals surface area contributed by atoms with Crippen molar-refractivity contribution in [3.63, 3.8) is 0 Å². The van der Waals surface area contributed by atoms with Crippen molar-refractivity contribution in [3.8, 4) is 0 Å². The van der Waals surface area contributed by atoms with E-state index >= 15 is 0 Å². The topological polar surface area (TPSA) is 118 Å². The lowest BCUT2D eigenvalue weighted by molar-refractivity contribution is -0.115. The molecule has 0 radical (unpaired) electrons. The number of nitrogens with one attached hydrogen (secondary N) is 2. The van der Waals surface area contributed by atoms with Crippen LogP contribution in [0, 0.1) is 0 Å². The quantitative estimate of drug-likeness (QED) is 0.656. The first-order valence-electron chi connectivity index (χ1n) is 6.88. The third-order valence-electron chi connectivity index (χ3n) is 3.42. The first kappa shape index (κ1) is 16.4. The molecule has 0 atom stereocenters. The summed E-state index contributed by atoms with van der Waals surface area (Å²) in [6.45, 7) is 0. The fraction of sp³-hybridized carbons (Fsp3) is 0.0667. The van der Waals surface area contributed by atoms with Gasteiger partial charge in [0.15, 0.2) is 0 Å². The van der Waals surface area contributed by atoms with E-state index in [2.05, 4.69) is 15.5 Å². The van der Waals surface area contributed by atoms with E-state index in [4.69, 9.17) is 16.7 Å². The molecular weight excluding hydrogens is 352 g/mol. The van der Waals surface area contributed by atoms with E-state index in [1.54, 1.807) is 30.3 Å². The molecule has 1 aromatic heterocycles. The van der Waals surface area contributed by atoms with Crippen LogP contribution in [0.25, 0.3) is 10.9 Å². The van der Waals surface area contributed by atoms with Crippen molar-refractivity contribution in [2.75, 3.05) is 5.32 Å². The van der Waals surface area contributed by atoms with Gasteiger partial charge >= 0.3 is 0 Å². The number of carbonyl (C=O) groups excluding carboxylic acids is 1. The Morgan fingerprint density at radius 1 is 1.29 bits per heavy atom. The van der Waals surface area contributed by atoms with Gasteiger partial charge in [-0.05, 0) is 23.8 Å². The largest absolute Gasteiger partial charge is 0.326 e. The molecule has 124 valence electrons. The second-order valence-corrected chi connectivity index (χ2v) is 7.10. The number of anilines is 1. The van der Waals surface area contributed by atoms with Crippen LogP contribution >= 0.6 is 11.6 Å². The number of aromatic nitrogens is 2. The van der Waals surface area contributed by atoms with Gasteiger partial charge in [-0.15, -0.1) is 0 Å². The minimum absolute atomic E-state index is 0.0609. The number of H-pyrrole nitrogens is 1. The Morgan fingerprint density at radius 2 is 2.04 bits per heavy atom. The third kappa shape index (κ3) is 3.40. The highest BCUT2D eigenvalue weighted by Crippen LogP contribution is 2.25. The lowest BCUT2D eigenvalue weighted by Gasteiger charge is -2.09. The number of amides is 1. The molecule has 1 amide bonds. The van der Waals surface area contributed by atoms with Gasteiger partial charge in [0.1, 0.15) is 0 Å². The summed E-state index contributed by atoms with van der Waals surface area (Å²) in [7, 11) is -3.96. The number of hydrogen-bond acceptors (Lipinski definition) is 4. The van der Waals surface area contributed by atoms with Crippen LogP contribution in [0.15, 0.2) is 47.5 Å². The molecule has 0 aliphatic carbocycles. The zero-order valence-corrected chi connectivity index (χ0v) is 13.9. The number of rotatable bonds is 4. The second-order valence-electron chi connectivity index (χ2n) is 5.17. The monoisotopic (exact) mass is 364 g/mol. The highest BCUT2D eigenvalue weighted by Gasteiger charge is 2.16. The van der Waals surface area contributed by atoms with Gasteiger partial charge in [0.2, 0.25) is 15.9 Å². The predicted octanol–water partition coefficient (Wildman–Crippen LogP) is 2.04. The minimum atomic E-state index is -3.96. The van der Waals surface area contributed by atoms with Crippen molar-refractivity contribution in [3.05, 3.63) is 53.2 Å². The first-order chi connectivity index (χ1) is 11.3. The van der Waals surface area contributed by atoms with Crippen LogP contribution in [-0.2, 0) is 21.2 Å². The minimum Gasteiger partial charge on any atom is -0.326 e.